The molecule has 0 spiro atoms. The number of hydrogen-bond donors (Lipinski definition) is 1. The van der Waals surface area contributed by atoms with Gasteiger partial charge in [-0.3, -0.25) is 14.7 Å². The minimum Gasteiger partial charge on any atom is -0.349 e. The summed E-state index contributed by atoms with van der Waals surface area (Å²) in [5, 5.41) is 5.69. The van der Waals surface area contributed by atoms with Gasteiger partial charge in [0.05, 0.1) is 5.69 Å². The summed E-state index contributed by atoms with van der Waals surface area (Å²) in [4.78, 5) is 23.8. The van der Waals surface area contributed by atoms with Crippen molar-refractivity contribution in [2.45, 2.75) is 39.7 Å². The van der Waals surface area contributed by atoms with Crippen LogP contribution in [0.5, 0.6) is 0 Å². The van der Waals surface area contributed by atoms with E-state index in [9.17, 15) is 4.79 Å². The highest BCUT2D eigenvalue weighted by Crippen LogP contribution is 2.22. The van der Waals surface area contributed by atoms with Gasteiger partial charge in [0, 0.05) is 24.2 Å². The Morgan fingerprint density at radius 1 is 1.35 bits per heavy atom. The molecule has 1 aliphatic heterocycles. The molecule has 3 rings (SSSR count). The van der Waals surface area contributed by atoms with Crippen molar-refractivity contribution in [1.29, 1.82) is 0 Å². The lowest BCUT2D eigenvalue weighted by atomic mass is 9.94. The molecule has 1 unspecified atom stereocenters. The topological polar surface area (TPSA) is 58.1 Å². The fourth-order valence-corrected chi connectivity index (χ4v) is 4.19. The van der Waals surface area contributed by atoms with Crippen molar-refractivity contribution in [3.8, 4) is 10.7 Å². The lowest BCUT2D eigenvalue weighted by Crippen LogP contribution is -2.49. The van der Waals surface area contributed by atoms with E-state index in [1.54, 1.807) is 6.20 Å². The van der Waals surface area contributed by atoms with Gasteiger partial charge in [-0.05, 0) is 49.9 Å². The Hall–Kier alpha value is -1.79. The summed E-state index contributed by atoms with van der Waals surface area (Å²) in [6, 6.07) is 6.08. The Kier molecular flexibility index (Phi) is 6.38. The average Bonchev–Trinajstić information content (AvgIpc) is 3.14. The van der Waals surface area contributed by atoms with E-state index in [0.29, 0.717) is 24.2 Å². The molecule has 0 bridgehead atoms. The van der Waals surface area contributed by atoms with E-state index in [1.807, 2.05) is 23.6 Å². The fraction of sp³-hybridized carbons (Fsp3) is 0.550. The first kappa shape index (κ1) is 19.0. The largest absolute Gasteiger partial charge is 0.349 e. The maximum absolute atomic E-state index is 12.5. The molecule has 26 heavy (non-hydrogen) atoms. The Morgan fingerprint density at radius 3 is 2.77 bits per heavy atom. The van der Waals surface area contributed by atoms with Gasteiger partial charge in [0.25, 0.3) is 5.91 Å². The second-order valence-corrected chi connectivity index (χ2v) is 8.35. The minimum atomic E-state index is -0.0977. The minimum absolute atomic E-state index is 0.0977. The molecule has 3 heterocycles. The number of carbonyl (C=O) groups is 1. The van der Waals surface area contributed by atoms with Crippen LogP contribution >= 0.6 is 11.3 Å². The number of pyridine rings is 1. The van der Waals surface area contributed by atoms with E-state index in [4.69, 9.17) is 0 Å². The molecule has 1 aliphatic rings. The Balaban J connectivity index is 1.59. The first-order chi connectivity index (χ1) is 12.5. The predicted molar refractivity (Wildman–Crippen MR) is 106 cm³/mol. The molecule has 1 fully saturated rings. The summed E-state index contributed by atoms with van der Waals surface area (Å²) in [5.74, 6) is 1.22. The van der Waals surface area contributed by atoms with Gasteiger partial charge < -0.3 is 5.32 Å². The van der Waals surface area contributed by atoms with Gasteiger partial charge in [-0.2, -0.15) is 0 Å². The van der Waals surface area contributed by atoms with Gasteiger partial charge in [-0.25, -0.2) is 4.98 Å². The molecule has 6 heteroatoms. The van der Waals surface area contributed by atoms with Gasteiger partial charge in [0.15, 0.2) is 0 Å². The van der Waals surface area contributed by atoms with Crippen LogP contribution < -0.4 is 5.32 Å². The van der Waals surface area contributed by atoms with Crippen molar-refractivity contribution in [2.24, 2.45) is 11.8 Å². The lowest BCUT2D eigenvalue weighted by Gasteiger charge is -2.38. The third-order valence-corrected chi connectivity index (χ3v) is 6.01. The molecule has 0 saturated carbocycles. The maximum Gasteiger partial charge on any atom is 0.270 e. The normalized spacial score (nSPS) is 17.4. The number of thiazole rings is 1. The Labute approximate surface area is 159 Å². The molecule has 140 valence electrons. The summed E-state index contributed by atoms with van der Waals surface area (Å²) >= 11 is 1.45. The zero-order valence-corrected chi connectivity index (χ0v) is 16.6. The number of likely N-dealkylation sites (tertiary alicyclic amines) is 1. The summed E-state index contributed by atoms with van der Waals surface area (Å²) in [6.07, 6.45) is 4.23. The molecule has 1 saturated heterocycles. The van der Waals surface area contributed by atoms with Crippen LogP contribution in [0.15, 0.2) is 29.8 Å². The molecule has 2 aromatic rings. The third kappa shape index (κ3) is 4.68. The number of piperidine rings is 1. The van der Waals surface area contributed by atoms with E-state index < -0.39 is 0 Å². The molecular weight excluding hydrogens is 344 g/mol. The number of amides is 1. The Bertz CT molecular complexity index is 708. The van der Waals surface area contributed by atoms with Gasteiger partial charge in [0.1, 0.15) is 10.7 Å². The molecule has 1 N–H and O–H groups in total. The van der Waals surface area contributed by atoms with E-state index >= 15 is 0 Å². The van der Waals surface area contributed by atoms with Crippen LogP contribution in [-0.2, 0) is 0 Å². The highest BCUT2D eigenvalue weighted by molar-refractivity contribution is 7.13. The maximum atomic E-state index is 12.5. The molecule has 1 atom stereocenters. The van der Waals surface area contributed by atoms with Crippen LogP contribution in [0.3, 0.4) is 0 Å². The van der Waals surface area contributed by atoms with Crippen LogP contribution in [0.1, 0.15) is 44.1 Å². The molecule has 5 nitrogen and oxygen atoms in total. The summed E-state index contributed by atoms with van der Waals surface area (Å²) in [5.41, 5.74) is 1.28. The number of aromatic nitrogens is 2. The second-order valence-electron chi connectivity index (χ2n) is 7.49. The molecule has 1 amide bonds. The van der Waals surface area contributed by atoms with E-state index in [1.165, 1.54) is 24.2 Å². The van der Waals surface area contributed by atoms with Crippen LogP contribution in [0, 0.1) is 11.8 Å². The van der Waals surface area contributed by atoms with E-state index in [0.717, 1.165) is 29.7 Å². The van der Waals surface area contributed by atoms with Gasteiger partial charge in [0.2, 0.25) is 0 Å². The number of hydrogen-bond acceptors (Lipinski definition) is 5. The van der Waals surface area contributed by atoms with Gasteiger partial charge in [-0.1, -0.05) is 26.8 Å². The zero-order chi connectivity index (χ0) is 18.5. The first-order valence-electron chi connectivity index (χ1n) is 9.43. The molecule has 0 aromatic carbocycles. The zero-order valence-electron chi connectivity index (χ0n) is 15.8. The van der Waals surface area contributed by atoms with Crippen LogP contribution in [-0.4, -0.2) is 46.5 Å². The summed E-state index contributed by atoms with van der Waals surface area (Å²) in [6.45, 7) is 9.71. The first-order valence-corrected chi connectivity index (χ1v) is 10.3. The molecule has 0 aliphatic carbocycles. The van der Waals surface area contributed by atoms with Crippen molar-refractivity contribution < 1.29 is 4.79 Å². The van der Waals surface area contributed by atoms with Crippen LogP contribution in [0.4, 0.5) is 0 Å². The summed E-state index contributed by atoms with van der Waals surface area (Å²) in [7, 11) is 0. The number of rotatable bonds is 6. The van der Waals surface area contributed by atoms with E-state index in [-0.39, 0.29) is 5.91 Å². The highest BCUT2D eigenvalue weighted by atomic mass is 32.1. The van der Waals surface area contributed by atoms with Gasteiger partial charge >= 0.3 is 0 Å². The second kappa shape index (κ2) is 8.73. The van der Waals surface area contributed by atoms with Crippen LogP contribution in [0.25, 0.3) is 10.7 Å². The van der Waals surface area contributed by atoms with Crippen molar-refractivity contribution in [3.05, 3.63) is 35.5 Å². The van der Waals surface area contributed by atoms with Gasteiger partial charge in [-0.15, -0.1) is 11.3 Å². The molecular formula is C20H28N4OS. The highest BCUT2D eigenvalue weighted by Gasteiger charge is 2.26. The van der Waals surface area contributed by atoms with Crippen molar-refractivity contribution in [2.75, 3.05) is 19.6 Å². The third-order valence-electron chi connectivity index (χ3n) is 5.15. The molecule has 2 aromatic heterocycles. The number of nitrogens with zero attached hydrogens (tertiary/aromatic N) is 3. The summed E-state index contributed by atoms with van der Waals surface area (Å²) < 4.78 is 0. The average molecular weight is 373 g/mol. The Morgan fingerprint density at radius 2 is 2.12 bits per heavy atom. The fourth-order valence-electron chi connectivity index (χ4n) is 3.42. The monoisotopic (exact) mass is 372 g/mol. The number of nitrogens with one attached hydrogen (secondary N) is 1. The smallest absolute Gasteiger partial charge is 0.270 e. The predicted octanol–water partition coefficient (Wildman–Crippen LogP) is 3.69. The van der Waals surface area contributed by atoms with Crippen molar-refractivity contribution in [3.63, 3.8) is 0 Å². The lowest BCUT2D eigenvalue weighted by molar-refractivity contribution is 0.0859. The standard InChI is InChI=1S/C20H28N4OS/c1-14(2)18(24-10-7-15(3)8-11-24)12-22-19(25)17-13-26-20(23-17)16-6-4-5-9-21-16/h4-6,9,13-15,18H,7-8,10-12H2,1-3H3,(H,22,25). The van der Waals surface area contributed by atoms with Crippen molar-refractivity contribution >= 4 is 17.2 Å². The molecule has 0 radical (unpaired) electrons. The van der Waals surface area contributed by atoms with E-state index in [2.05, 4.69) is 41.0 Å². The quantitative estimate of drug-likeness (QED) is 0.840. The van der Waals surface area contributed by atoms with Crippen molar-refractivity contribution in [1.82, 2.24) is 20.2 Å². The number of carbonyl (C=O) groups excluding carboxylic acids is 1. The van der Waals surface area contributed by atoms with Crippen LogP contribution in [0.2, 0.25) is 0 Å². The SMILES string of the molecule is CC1CCN(C(CNC(=O)c2csc(-c3ccccn3)n2)C(C)C)CC1.